The summed E-state index contributed by atoms with van der Waals surface area (Å²) in [5.41, 5.74) is 0.342. The van der Waals surface area contributed by atoms with Crippen LogP contribution in [0.1, 0.15) is 18.4 Å². The third-order valence-corrected chi connectivity index (χ3v) is 5.84. The van der Waals surface area contributed by atoms with E-state index in [2.05, 4.69) is 21.5 Å². The smallest absolute Gasteiger partial charge is 0.321 e. The number of likely N-dealkylation sites (N-methyl/N-ethyl adjacent to an activating group) is 2. The summed E-state index contributed by atoms with van der Waals surface area (Å²) in [6.45, 7) is 2.38. The number of rotatable bonds is 5. The monoisotopic (exact) mass is 397 g/mol. The Kier molecular flexibility index (Phi) is 6.09. The number of hydrogen-bond donors (Lipinski definition) is 2. The van der Waals surface area contributed by atoms with E-state index in [0.717, 1.165) is 13.1 Å². The molecule has 0 radical (unpaired) electrons. The topological polar surface area (TPSA) is 85.0 Å². The fraction of sp³-hybridized carbons (Fsp3) is 0.476. The van der Waals surface area contributed by atoms with Crippen molar-refractivity contribution >= 4 is 24.0 Å². The molecule has 0 unspecified atom stereocenters. The molecule has 29 heavy (non-hydrogen) atoms. The van der Waals surface area contributed by atoms with Crippen LogP contribution in [0.4, 0.5) is 10.5 Å². The van der Waals surface area contributed by atoms with E-state index in [1.54, 1.807) is 41.1 Å². The first-order valence-electron chi connectivity index (χ1n) is 9.68. The van der Waals surface area contributed by atoms with Crippen molar-refractivity contribution < 1.29 is 14.4 Å². The lowest BCUT2D eigenvalue weighted by Gasteiger charge is -2.47. The molecular formula is C21H27N5O3. The lowest BCUT2D eigenvalue weighted by Crippen LogP contribution is -2.67. The first-order chi connectivity index (χ1) is 13.9. The van der Waals surface area contributed by atoms with Gasteiger partial charge in [-0.1, -0.05) is 12.0 Å². The number of piperidine rings is 1. The summed E-state index contributed by atoms with van der Waals surface area (Å²) < 4.78 is 0. The van der Waals surface area contributed by atoms with Crippen molar-refractivity contribution in [3.63, 3.8) is 0 Å². The van der Waals surface area contributed by atoms with Gasteiger partial charge < -0.3 is 25.3 Å². The van der Waals surface area contributed by atoms with E-state index in [4.69, 9.17) is 6.42 Å². The molecule has 2 fully saturated rings. The standard InChI is InChI=1S/C21H27N5O3/c1-4-16-6-5-7-17(12-16)23-20(29)26-10-8-21(9-11-26,22-15-27)19(28)25(3)18-13-24(2)14-18/h1,5-7,12,15,18H,8-11,13-14H2,2-3H3,(H,22,27)(H,23,29). The van der Waals surface area contributed by atoms with Crippen molar-refractivity contribution in [2.75, 3.05) is 45.6 Å². The molecule has 2 N–H and O–H groups in total. The van der Waals surface area contributed by atoms with Crippen LogP contribution in [0.3, 0.4) is 0 Å². The van der Waals surface area contributed by atoms with Crippen molar-refractivity contribution in [2.45, 2.75) is 24.4 Å². The number of benzene rings is 1. The molecule has 2 saturated heterocycles. The molecule has 0 aliphatic carbocycles. The van der Waals surface area contributed by atoms with E-state index in [1.807, 2.05) is 7.05 Å². The molecule has 0 aromatic heterocycles. The maximum atomic E-state index is 13.1. The summed E-state index contributed by atoms with van der Waals surface area (Å²) in [5, 5.41) is 5.59. The van der Waals surface area contributed by atoms with E-state index < -0.39 is 5.54 Å². The Morgan fingerprint density at radius 2 is 2.00 bits per heavy atom. The number of urea groups is 1. The number of nitrogens with one attached hydrogen (secondary N) is 2. The molecule has 154 valence electrons. The van der Waals surface area contributed by atoms with E-state index in [1.165, 1.54) is 0 Å². The Bertz CT molecular complexity index is 820. The zero-order chi connectivity index (χ0) is 21.0. The largest absolute Gasteiger partial charge is 0.344 e. The highest BCUT2D eigenvalue weighted by atomic mass is 16.2. The van der Waals surface area contributed by atoms with Gasteiger partial charge in [0, 0.05) is 44.5 Å². The molecule has 8 heteroatoms. The minimum atomic E-state index is -0.967. The van der Waals surface area contributed by atoms with E-state index in [0.29, 0.717) is 43.6 Å². The number of hydrogen-bond acceptors (Lipinski definition) is 4. The fourth-order valence-corrected chi connectivity index (χ4v) is 3.93. The van der Waals surface area contributed by atoms with Gasteiger partial charge in [0.25, 0.3) is 0 Å². The van der Waals surface area contributed by atoms with Gasteiger partial charge in [-0.15, -0.1) is 6.42 Å². The summed E-state index contributed by atoms with van der Waals surface area (Å²) in [6, 6.07) is 6.98. The van der Waals surface area contributed by atoms with Crippen LogP contribution in [0.25, 0.3) is 0 Å². The van der Waals surface area contributed by atoms with Crippen LogP contribution in [0.2, 0.25) is 0 Å². The normalized spacial score (nSPS) is 18.9. The predicted molar refractivity (Wildman–Crippen MR) is 110 cm³/mol. The van der Waals surface area contributed by atoms with Crippen molar-refractivity contribution in [3.05, 3.63) is 29.8 Å². The molecule has 2 aliphatic heterocycles. The maximum absolute atomic E-state index is 13.1. The van der Waals surface area contributed by atoms with Crippen molar-refractivity contribution in [2.24, 2.45) is 0 Å². The van der Waals surface area contributed by atoms with Gasteiger partial charge in [0.15, 0.2) is 0 Å². The van der Waals surface area contributed by atoms with Gasteiger partial charge in [-0.2, -0.15) is 0 Å². The number of carbonyl (C=O) groups is 3. The van der Waals surface area contributed by atoms with Gasteiger partial charge in [0.1, 0.15) is 5.54 Å². The third-order valence-electron chi connectivity index (χ3n) is 5.84. The van der Waals surface area contributed by atoms with Crippen LogP contribution >= 0.6 is 0 Å². The van der Waals surface area contributed by atoms with Crippen LogP contribution < -0.4 is 10.6 Å². The molecule has 4 amide bonds. The van der Waals surface area contributed by atoms with Gasteiger partial charge in [-0.05, 0) is 38.1 Å². The summed E-state index contributed by atoms with van der Waals surface area (Å²) >= 11 is 0. The zero-order valence-corrected chi connectivity index (χ0v) is 16.9. The number of anilines is 1. The van der Waals surface area contributed by atoms with Crippen LogP contribution in [0, 0.1) is 12.3 Å². The highest BCUT2D eigenvalue weighted by Gasteiger charge is 2.46. The molecule has 0 atom stereocenters. The average molecular weight is 397 g/mol. The maximum Gasteiger partial charge on any atom is 0.321 e. The van der Waals surface area contributed by atoms with E-state index >= 15 is 0 Å². The van der Waals surface area contributed by atoms with Crippen LogP contribution in [-0.2, 0) is 9.59 Å². The first-order valence-corrected chi connectivity index (χ1v) is 9.68. The molecule has 3 rings (SSSR count). The lowest BCUT2D eigenvalue weighted by atomic mass is 9.85. The predicted octanol–water partition coefficient (Wildman–Crippen LogP) is 0.553. The van der Waals surface area contributed by atoms with Crippen molar-refractivity contribution in [1.29, 1.82) is 0 Å². The third kappa shape index (κ3) is 4.35. The first kappa shape index (κ1) is 20.7. The second kappa shape index (κ2) is 8.53. The van der Waals surface area contributed by atoms with Crippen molar-refractivity contribution in [3.8, 4) is 12.3 Å². The quantitative estimate of drug-likeness (QED) is 0.562. The molecule has 2 heterocycles. The highest BCUT2D eigenvalue weighted by molar-refractivity contribution is 5.91. The number of amides is 4. The lowest BCUT2D eigenvalue weighted by molar-refractivity contribution is -0.145. The van der Waals surface area contributed by atoms with Gasteiger partial charge >= 0.3 is 6.03 Å². The Balaban J connectivity index is 1.62. The number of likely N-dealkylation sites (tertiary alicyclic amines) is 2. The minimum Gasteiger partial charge on any atom is -0.344 e. The SMILES string of the molecule is C#Cc1cccc(NC(=O)N2CCC(NC=O)(C(=O)N(C)C3CN(C)C3)CC2)c1. The van der Waals surface area contributed by atoms with Crippen LogP contribution in [0.5, 0.6) is 0 Å². The molecule has 0 spiro atoms. The van der Waals surface area contributed by atoms with Gasteiger partial charge in [-0.3, -0.25) is 9.59 Å². The molecular weight excluding hydrogens is 370 g/mol. The number of nitrogens with zero attached hydrogens (tertiary/aromatic N) is 3. The van der Waals surface area contributed by atoms with Crippen LogP contribution in [0.15, 0.2) is 24.3 Å². The molecule has 0 saturated carbocycles. The van der Waals surface area contributed by atoms with Crippen molar-refractivity contribution in [1.82, 2.24) is 20.0 Å². The highest BCUT2D eigenvalue weighted by Crippen LogP contribution is 2.27. The number of carbonyl (C=O) groups excluding carboxylic acids is 3. The van der Waals surface area contributed by atoms with Gasteiger partial charge in [0.05, 0.1) is 6.04 Å². The second-order valence-corrected chi connectivity index (χ2v) is 7.78. The Morgan fingerprint density at radius 3 is 2.59 bits per heavy atom. The Morgan fingerprint density at radius 1 is 1.31 bits per heavy atom. The summed E-state index contributed by atoms with van der Waals surface area (Å²) in [6.07, 6.45) is 6.72. The Hall–Kier alpha value is -3.05. The summed E-state index contributed by atoms with van der Waals surface area (Å²) in [5.74, 6) is 2.44. The zero-order valence-electron chi connectivity index (χ0n) is 16.9. The fourth-order valence-electron chi connectivity index (χ4n) is 3.93. The van der Waals surface area contributed by atoms with Crippen LogP contribution in [-0.4, -0.2) is 84.9 Å². The minimum absolute atomic E-state index is 0.0931. The average Bonchev–Trinajstić information content (AvgIpc) is 2.71. The van der Waals surface area contributed by atoms with E-state index in [9.17, 15) is 14.4 Å². The summed E-state index contributed by atoms with van der Waals surface area (Å²) in [7, 11) is 3.79. The molecule has 1 aromatic carbocycles. The molecule has 1 aromatic rings. The molecule has 2 aliphatic rings. The molecule has 0 bridgehead atoms. The van der Waals surface area contributed by atoms with Gasteiger partial charge in [0.2, 0.25) is 12.3 Å². The molecule has 8 nitrogen and oxygen atoms in total. The Labute approximate surface area is 171 Å². The van der Waals surface area contributed by atoms with E-state index in [-0.39, 0.29) is 18.0 Å². The number of terminal acetylenes is 1. The van der Waals surface area contributed by atoms with Gasteiger partial charge in [-0.25, -0.2) is 4.79 Å². The second-order valence-electron chi connectivity index (χ2n) is 7.78. The summed E-state index contributed by atoms with van der Waals surface area (Å²) in [4.78, 5) is 42.5.